The minimum Gasteiger partial charge on any atom is -0.461 e. The summed E-state index contributed by atoms with van der Waals surface area (Å²) in [5.41, 5.74) is 7.22. The van der Waals surface area contributed by atoms with E-state index in [0.717, 1.165) is 6.07 Å². The van der Waals surface area contributed by atoms with Crippen molar-refractivity contribution in [2.75, 3.05) is 61.9 Å². The fourth-order valence-electron chi connectivity index (χ4n) is 4.94. The molecule has 5 heterocycles. The van der Waals surface area contributed by atoms with Gasteiger partial charge < -0.3 is 20.4 Å². The molecule has 42 heavy (non-hydrogen) atoms. The van der Waals surface area contributed by atoms with Crippen LogP contribution in [0.1, 0.15) is 10.4 Å². The first-order chi connectivity index (χ1) is 20.3. The molecule has 1 aromatic carbocycles. The first-order valence-corrected chi connectivity index (χ1v) is 15.0. The van der Waals surface area contributed by atoms with Crippen molar-refractivity contribution in [2.24, 2.45) is 0 Å². The van der Waals surface area contributed by atoms with Crippen molar-refractivity contribution in [3.05, 3.63) is 53.9 Å². The van der Waals surface area contributed by atoms with E-state index in [1.54, 1.807) is 34.2 Å². The molecule has 1 fully saturated rings. The van der Waals surface area contributed by atoms with Crippen LogP contribution >= 0.6 is 0 Å². The SMILES string of the molecule is C[S@@](=O)CCNC(=O)c1cc(N2CCN(CCn3ncc4c3nc(N)n3nc(-c5ccco5)nc43)CC2)c(F)cc1F. The molecule has 1 aliphatic rings. The number of halogens is 2. The molecule has 4 aromatic heterocycles. The van der Waals surface area contributed by atoms with E-state index in [1.807, 2.05) is 0 Å². The van der Waals surface area contributed by atoms with Crippen LogP contribution in [0.3, 0.4) is 0 Å². The summed E-state index contributed by atoms with van der Waals surface area (Å²) in [5.74, 6) is -1.000. The molecular weight excluding hydrogens is 570 g/mol. The summed E-state index contributed by atoms with van der Waals surface area (Å²) >= 11 is 0. The number of hydrogen-bond donors (Lipinski definition) is 2. The summed E-state index contributed by atoms with van der Waals surface area (Å²) in [6, 6.07) is 5.49. The van der Waals surface area contributed by atoms with E-state index >= 15 is 0 Å². The summed E-state index contributed by atoms with van der Waals surface area (Å²) in [7, 11) is -1.09. The molecule has 0 bridgehead atoms. The molecule has 3 N–H and O–H groups in total. The Hall–Kier alpha value is -4.44. The van der Waals surface area contributed by atoms with Gasteiger partial charge in [0, 0.05) is 68.1 Å². The fraction of sp³-hybridized carbons (Fsp3) is 0.346. The van der Waals surface area contributed by atoms with Crippen molar-refractivity contribution in [1.29, 1.82) is 0 Å². The van der Waals surface area contributed by atoms with Crippen molar-refractivity contribution in [3.63, 3.8) is 0 Å². The molecule has 1 aliphatic heterocycles. The molecule has 0 aliphatic carbocycles. The predicted molar refractivity (Wildman–Crippen MR) is 152 cm³/mol. The summed E-state index contributed by atoms with van der Waals surface area (Å²) in [5, 5.41) is 12.1. The molecule has 1 amide bonds. The molecule has 220 valence electrons. The maximum absolute atomic E-state index is 14.7. The third-order valence-electron chi connectivity index (χ3n) is 7.14. The Morgan fingerprint density at radius 1 is 1.12 bits per heavy atom. The zero-order chi connectivity index (χ0) is 29.4. The van der Waals surface area contributed by atoms with Gasteiger partial charge in [-0.1, -0.05) is 0 Å². The number of carbonyl (C=O) groups is 1. The standard InChI is InChI=1S/C26H28F2N10O3S/c1-42(40)12-4-30-25(39)16-13-20(19(28)14-18(16)27)36-8-5-35(6-9-36)7-10-37-23-17(15-31-37)24-32-22(21-3-2-11-41-21)34-38(24)26(29)33-23/h2-3,11,13-15H,4-10,12H2,1H3,(H2,29,33)(H,30,39)/t42-/m1/s1. The number of amides is 1. The highest BCUT2D eigenvalue weighted by Crippen LogP contribution is 2.26. The van der Waals surface area contributed by atoms with Gasteiger partial charge in [-0.25, -0.2) is 18.4 Å². The molecule has 5 aromatic rings. The summed E-state index contributed by atoms with van der Waals surface area (Å²) in [4.78, 5) is 25.5. The van der Waals surface area contributed by atoms with E-state index in [0.29, 0.717) is 67.5 Å². The number of benzene rings is 1. The number of aromatic nitrogens is 6. The number of furan rings is 1. The molecule has 0 saturated carbocycles. The molecule has 0 unspecified atom stereocenters. The van der Waals surface area contributed by atoms with Gasteiger partial charge in [0.25, 0.3) is 5.91 Å². The highest BCUT2D eigenvalue weighted by Gasteiger charge is 2.24. The monoisotopic (exact) mass is 598 g/mol. The Balaban J connectivity index is 1.11. The van der Waals surface area contributed by atoms with Gasteiger partial charge in [0.2, 0.25) is 11.8 Å². The molecule has 0 spiro atoms. The van der Waals surface area contributed by atoms with Crippen LogP contribution in [0.2, 0.25) is 0 Å². The Kier molecular flexibility index (Phi) is 7.55. The minimum atomic E-state index is -1.09. The van der Waals surface area contributed by atoms with E-state index in [1.165, 1.54) is 16.8 Å². The lowest BCUT2D eigenvalue weighted by molar-refractivity contribution is 0.0952. The maximum atomic E-state index is 14.7. The van der Waals surface area contributed by atoms with Gasteiger partial charge in [-0.15, -0.1) is 5.10 Å². The van der Waals surface area contributed by atoms with Crippen LogP contribution in [0.5, 0.6) is 0 Å². The van der Waals surface area contributed by atoms with Crippen molar-refractivity contribution in [1.82, 2.24) is 39.6 Å². The van der Waals surface area contributed by atoms with Crippen molar-refractivity contribution in [3.8, 4) is 11.6 Å². The van der Waals surface area contributed by atoms with Crippen molar-refractivity contribution in [2.45, 2.75) is 6.54 Å². The second-order valence-corrected chi connectivity index (χ2v) is 11.4. The zero-order valence-electron chi connectivity index (χ0n) is 22.7. The quantitative estimate of drug-likeness (QED) is 0.255. The van der Waals surface area contributed by atoms with E-state index in [2.05, 4.69) is 30.4 Å². The number of nitrogens with two attached hydrogens (primary N) is 1. The van der Waals surface area contributed by atoms with E-state index in [9.17, 15) is 17.8 Å². The number of anilines is 2. The van der Waals surface area contributed by atoms with Crippen molar-refractivity contribution < 1.29 is 22.2 Å². The number of nitrogens with one attached hydrogen (secondary N) is 1. The molecule has 13 nitrogen and oxygen atoms in total. The van der Waals surface area contributed by atoms with Gasteiger partial charge in [-0.3, -0.25) is 13.9 Å². The van der Waals surface area contributed by atoms with E-state index in [4.69, 9.17) is 10.2 Å². The van der Waals surface area contributed by atoms with Crippen molar-refractivity contribution >= 4 is 45.0 Å². The lowest BCUT2D eigenvalue weighted by Crippen LogP contribution is -2.47. The molecule has 1 atom stereocenters. The molecule has 16 heteroatoms. The molecule has 6 rings (SSSR count). The Bertz CT molecular complexity index is 1780. The molecule has 0 radical (unpaired) electrons. The normalized spacial score (nSPS) is 15.1. The van der Waals surface area contributed by atoms with Gasteiger partial charge in [0.1, 0.15) is 11.6 Å². The summed E-state index contributed by atoms with van der Waals surface area (Å²) in [6.07, 6.45) is 4.74. The number of fused-ring (bicyclic) bond motifs is 3. The number of piperazine rings is 1. The van der Waals surface area contributed by atoms with Gasteiger partial charge in [0.05, 0.1) is 35.6 Å². The van der Waals surface area contributed by atoms with Crippen LogP contribution in [0.4, 0.5) is 20.4 Å². The fourth-order valence-corrected chi connectivity index (χ4v) is 5.33. The average molecular weight is 599 g/mol. The highest BCUT2D eigenvalue weighted by atomic mass is 32.2. The third-order valence-corrected chi connectivity index (χ3v) is 7.91. The number of nitrogen functional groups attached to an aromatic ring is 1. The second-order valence-electron chi connectivity index (χ2n) is 9.87. The third kappa shape index (κ3) is 5.42. The van der Waals surface area contributed by atoms with Crippen LogP contribution in [-0.2, 0) is 17.3 Å². The Morgan fingerprint density at radius 2 is 1.93 bits per heavy atom. The van der Waals surface area contributed by atoms with Crippen LogP contribution < -0.4 is 16.0 Å². The summed E-state index contributed by atoms with van der Waals surface area (Å²) < 4.78 is 49.0. The zero-order valence-corrected chi connectivity index (χ0v) is 23.5. The first-order valence-electron chi connectivity index (χ1n) is 13.2. The number of hydrogen-bond acceptors (Lipinski definition) is 10. The second kappa shape index (κ2) is 11.4. The van der Waals surface area contributed by atoms with Gasteiger partial charge in [0.15, 0.2) is 17.1 Å². The minimum absolute atomic E-state index is 0.135. The van der Waals surface area contributed by atoms with Crippen LogP contribution in [0, 0.1) is 11.6 Å². The van der Waals surface area contributed by atoms with Gasteiger partial charge in [-0.05, 0) is 18.2 Å². The first kappa shape index (κ1) is 27.7. The topological polar surface area (TPSA) is 153 Å². The van der Waals surface area contributed by atoms with Gasteiger partial charge in [-0.2, -0.15) is 14.6 Å². The Morgan fingerprint density at radius 3 is 2.67 bits per heavy atom. The van der Waals surface area contributed by atoms with Gasteiger partial charge >= 0.3 is 0 Å². The predicted octanol–water partition coefficient (Wildman–Crippen LogP) is 1.52. The van der Waals surface area contributed by atoms with E-state index in [-0.39, 0.29) is 29.5 Å². The number of carbonyl (C=O) groups excluding carboxylic acids is 1. The smallest absolute Gasteiger partial charge is 0.254 e. The Labute approximate surface area is 240 Å². The van der Waals surface area contributed by atoms with E-state index < -0.39 is 28.3 Å². The lowest BCUT2D eigenvalue weighted by Gasteiger charge is -2.36. The van der Waals surface area contributed by atoms with Crippen LogP contribution in [0.25, 0.3) is 28.3 Å². The number of nitrogens with zero attached hydrogens (tertiary/aromatic N) is 8. The molecular formula is C26H28F2N10O3S. The average Bonchev–Trinajstić information content (AvgIpc) is 3.72. The maximum Gasteiger partial charge on any atom is 0.254 e. The lowest BCUT2D eigenvalue weighted by atomic mass is 10.1. The highest BCUT2D eigenvalue weighted by molar-refractivity contribution is 7.84. The molecule has 1 saturated heterocycles. The number of rotatable bonds is 9. The largest absolute Gasteiger partial charge is 0.461 e. The van der Waals surface area contributed by atoms with Crippen LogP contribution in [0.15, 0.2) is 41.1 Å². The van der Waals surface area contributed by atoms with Crippen LogP contribution in [-0.4, -0.2) is 95.7 Å². The summed E-state index contributed by atoms with van der Waals surface area (Å²) in [6.45, 7) is 3.53.